The summed E-state index contributed by atoms with van der Waals surface area (Å²) in [6, 6.07) is 1.35. The van der Waals surface area contributed by atoms with Crippen molar-refractivity contribution in [3.63, 3.8) is 0 Å². The second kappa shape index (κ2) is 5.57. The standard InChI is InChI=1S/C13H12N2O5S/c1-8-7-21-13-14-9(4-11(16)15(8)13)5-20-12(17)10-6-18-2-3-19-10/h4,6-7H,2-3,5H2,1H3. The van der Waals surface area contributed by atoms with Crippen molar-refractivity contribution < 1.29 is 19.0 Å². The molecule has 0 saturated heterocycles. The second-order valence-corrected chi connectivity index (χ2v) is 5.19. The lowest BCUT2D eigenvalue weighted by molar-refractivity contribution is -0.146. The Hall–Kier alpha value is -2.35. The Morgan fingerprint density at radius 1 is 1.52 bits per heavy atom. The van der Waals surface area contributed by atoms with Gasteiger partial charge in [0.05, 0.1) is 5.69 Å². The van der Waals surface area contributed by atoms with Gasteiger partial charge >= 0.3 is 5.97 Å². The van der Waals surface area contributed by atoms with Crippen molar-refractivity contribution in [2.45, 2.75) is 13.5 Å². The van der Waals surface area contributed by atoms with Crippen molar-refractivity contribution >= 4 is 22.3 Å². The Bertz CT molecular complexity index is 776. The quantitative estimate of drug-likeness (QED) is 0.787. The van der Waals surface area contributed by atoms with Crippen LogP contribution in [0.1, 0.15) is 11.4 Å². The zero-order valence-corrected chi connectivity index (χ0v) is 12.0. The van der Waals surface area contributed by atoms with E-state index in [2.05, 4.69) is 4.98 Å². The van der Waals surface area contributed by atoms with Gasteiger partial charge in [0.25, 0.3) is 5.56 Å². The van der Waals surface area contributed by atoms with E-state index >= 15 is 0 Å². The number of nitrogens with zero attached hydrogens (tertiary/aromatic N) is 2. The molecule has 1 aliphatic heterocycles. The minimum absolute atomic E-state index is 0.0195. The molecule has 0 bridgehead atoms. The van der Waals surface area contributed by atoms with E-state index in [4.69, 9.17) is 14.2 Å². The second-order valence-electron chi connectivity index (χ2n) is 4.36. The van der Waals surface area contributed by atoms with Crippen LogP contribution in [0.2, 0.25) is 0 Å². The lowest BCUT2D eigenvalue weighted by Crippen LogP contribution is -2.19. The smallest absolute Gasteiger partial charge is 0.377 e. The Morgan fingerprint density at radius 3 is 3.14 bits per heavy atom. The zero-order chi connectivity index (χ0) is 14.8. The number of thiazole rings is 1. The fourth-order valence-electron chi connectivity index (χ4n) is 1.86. The first-order valence-electron chi connectivity index (χ1n) is 6.23. The summed E-state index contributed by atoms with van der Waals surface area (Å²) in [6.07, 6.45) is 1.22. The maximum Gasteiger partial charge on any atom is 0.377 e. The third-order valence-electron chi connectivity index (χ3n) is 2.83. The lowest BCUT2D eigenvalue weighted by Gasteiger charge is -2.14. The molecular weight excluding hydrogens is 296 g/mol. The number of esters is 1. The number of carbonyl (C=O) groups is 1. The fourth-order valence-corrected chi connectivity index (χ4v) is 2.75. The van der Waals surface area contributed by atoms with Gasteiger partial charge in [-0.2, -0.15) is 0 Å². The summed E-state index contributed by atoms with van der Waals surface area (Å²) in [5.74, 6) is -0.620. The molecule has 2 aromatic rings. The van der Waals surface area contributed by atoms with Crippen molar-refractivity contribution in [2.75, 3.05) is 13.2 Å². The minimum Gasteiger partial charge on any atom is -0.493 e. The molecule has 0 aliphatic carbocycles. The van der Waals surface area contributed by atoms with Crippen LogP contribution in [0, 0.1) is 6.92 Å². The molecule has 3 rings (SSSR count). The summed E-state index contributed by atoms with van der Waals surface area (Å²) in [4.78, 5) is 28.5. The predicted octanol–water partition coefficient (Wildman–Crippen LogP) is 0.996. The normalized spacial score (nSPS) is 14.2. The van der Waals surface area contributed by atoms with Gasteiger partial charge in [0.15, 0.2) is 4.96 Å². The largest absolute Gasteiger partial charge is 0.493 e. The van der Waals surface area contributed by atoms with Crippen LogP contribution in [0.15, 0.2) is 28.3 Å². The van der Waals surface area contributed by atoms with E-state index in [1.54, 1.807) is 0 Å². The van der Waals surface area contributed by atoms with Crippen LogP contribution in [-0.4, -0.2) is 28.6 Å². The van der Waals surface area contributed by atoms with Crippen molar-refractivity contribution in [1.82, 2.24) is 9.38 Å². The number of aryl methyl sites for hydroxylation is 1. The number of ether oxygens (including phenoxy) is 3. The van der Waals surface area contributed by atoms with E-state index in [0.717, 1.165) is 5.69 Å². The maximum atomic E-state index is 12.0. The first-order valence-corrected chi connectivity index (χ1v) is 7.11. The van der Waals surface area contributed by atoms with Gasteiger partial charge in [-0.1, -0.05) is 0 Å². The van der Waals surface area contributed by atoms with Gasteiger partial charge in [0, 0.05) is 17.1 Å². The molecule has 0 amide bonds. The van der Waals surface area contributed by atoms with E-state index in [9.17, 15) is 9.59 Å². The summed E-state index contributed by atoms with van der Waals surface area (Å²) in [5, 5.41) is 1.84. The maximum absolute atomic E-state index is 12.0. The predicted molar refractivity (Wildman–Crippen MR) is 73.9 cm³/mol. The first kappa shape index (κ1) is 13.6. The molecular formula is C13H12N2O5S. The van der Waals surface area contributed by atoms with Crippen LogP contribution >= 0.6 is 11.3 Å². The molecule has 7 nitrogen and oxygen atoms in total. The molecule has 0 unspecified atom stereocenters. The van der Waals surface area contributed by atoms with Crippen molar-refractivity contribution in [2.24, 2.45) is 0 Å². The van der Waals surface area contributed by atoms with Crippen molar-refractivity contribution in [1.29, 1.82) is 0 Å². The van der Waals surface area contributed by atoms with E-state index in [1.165, 1.54) is 28.1 Å². The van der Waals surface area contributed by atoms with Gasteiger partial charge in [0.1, 0.15) is 26.1 Å². The molecule has 1 aliphatic rings. The van der Waals surface area contributed by atoms with E-state index < -0.39 is 5.97 Å². The SMILES string of the molecule is Cc1csc2nc(COC(=O)C3=COCCO3)cc(=O)n12. The van der Waals surface area contributed by atoms with Crippen LogP contribution in [0.25, 0.3) is 4.96 Å². The molecule has 2 aromatic heterocycles. The molecule has 110 valence electrons. The van der Waals surface area contributed by atoms with Gasteiger partial charge in [-0.3, -0.25) is 9.20 Å². The molecule has 0 atom stereocenters. The summed E-state index contributed by atoms with van der Waals surface area (Å²) in [5.41, 5.74) is 1.03. The number of aromatic nitrogens is 2. The number of carbonyl (C=O) groups excluding carboxylic acids is 1. The van der Waals surface area contributed by atoms with E-state index in [1.807, 2.05) is 12.3 Å². The molecule has 0 saturated carbocycles. The fraction of sp³-hybridized carbons (Fsp3) is 0.308. The number of fused-ring (bicyclic) bond motifs is 1. The van der Waals surface area contributed by atoms with Crippen LogP contribution in [0.5, 0.6) is 0 Å². The molecule has 0 fully saturated rings. The Labute approximate surface area is 123 Å². The average Bonchev–Trinajstić information content (AvgIpc) is 2.87. The van der Waals surface area contributed by atoms with Gasteiger partial charge in [-0.05, 0) is 6.92 Å². The molecule has 0 N–H and O–H groups in total. The highest BCUT2D eigenvalue weighted by Gasteiger charge is 2.17. The topological polar surface area (TPSA) is 79.1 Å². The Morgan fingerprint density at radius 2 is 2.38 bits per heavy atom. The molecule has 0 aromatic carbocycles. The third kappa shape index (κ3) is 2.75. The molecule has 0 spiro atoms. The number of hydrogen-bond acceptors (Lipinski definition) is 7. The van der Waals surface area contributed by atoms with Crippen molar-refractivity contribution in [3.05, 3.63) is 45.2 Å². The van der Waals surface area contributed by atoms with Gasteiger partial charge < -0.3 is 14.2 Å². The highest BCUT2D eigenvalue weighted by atomic mass is 32.1. The zero-order valence-electron chi connectivity index (χ0n) is 11.2. The van der Waals surface area contributed by atoms with Gasteiger partial charge in [-0.15, -0.1) is 11.3 Å². The van der Waals surface area contributed by atoms with E-state index in [0.29, 0.717) is 23.9 Å². The lowest BCUT2D eigenvalue weighted by atomic mass is 10.4. The van der Waals surface area contributed by atoms with Crippen LogP contribution in [0.4, 0.5) is 0 Å². The Kier molecular flexibility index (Phi) is 3.61. The monoisotopic (exact) mass is 308 g/mol. The highest BCUT2D eigenvalue weighted by Crippen LogP contribution is 2.12. The van der Waals surface area contributed by atoms with E-state index in [-0.39, 0.29) is 17.9 Å². The molecule has 8 heteroatoms. The molecule has 3 heterocycles. The average molecular weight is 308 g/mol. The van der Waals surface area contributed by atoms with Crippen LogP contribution in [-0.2, 0) is 25.6 Å². The third-order valence-corrected chi connectivity index (χ3v) is 3.77. The number of rotatable bonds is 3. The number of hydrogen-bond donors (Lipinski definition) is 0. The molecule has 21 heavy (non-hydrogen) atoms. The minimum atomic E-state index is -0.640. The van der Waals surface area contributed by atoms with Crippen LogP contribution in [0.3, 0.4) is 0 Å². The first-order chi connectivity index (χ1) is 10.1. The van der Waals surface area contributed by atoms with Gasteiger partial charge in [-0.25, -0.2) is 9.78 Å². The summed E-state index contributed by atoms with van der Waals surface area (Å²) in [6.45, 7) is 2.45. The van der Waals surface area contributed by atoms with Crippen LogP contribution < -0.4 is 5.56 Å². The highest BCUT2D eigenvalue weighted by molar-refractivity contribution is 7.15. The Balaban J connectivity index is 1.75. The van der Waals surface area contributed by atoms with Crippen molar-refractivity contribution in [3.8, 4) is 0 Å². The summed E-state index contributed by atoms with van der Waals surface area (Å²) in [7, 11) is 0. The van der Waals surface area contributed by atoms with Gasteiger partial charge in [0.2, 0.25) is 5.76 Å². The molecule has 0 radical (unpaired) electrons. The summed E-state index contributed by atoms with van der Waals surface area (Å²) >= 11 is 1.36. The summed E-state index contributed by atoms with van der Waals surface area (Å²) < 4.78 is 16.7.